The molecule has 3 N–H and O–H groups in total. The van der Waals surface area contributed by atoms with Crippen LogP contribution in [-0.4, -0.2) is 21.5 Å². The van der Waals surface area contributed by atoms with Gasteiger partial charge in [-0.3, -0.25) is 15.5 Å². The molecule has 0 bridgehead atoms. The standard InChI is InChI=1S/C12H21N5O3/c1-3-5-6-9(4-2)8-20-11-10(17(18)19)7-14-12(15-11)16-13/h7,9H,3-6,8,13H2,1-2H3,(H,14,15,16). The molecular formula is C12H21N5O3. The second-order valence-electron chi connectivity index (χ2n) is 4.51. The number of nitrogens with two attached hydrogens (primary N) is 1. The van der Waals surface area contributed by atoms with Gasteiger partial charge in [-0.1, -0.05) is 33.1 Å². The average molecular weight is 283 g/mol. The molecular weight excluding hydrogens is 262 g/mol. The van der Waals surface area contributed by atoms with Gasteiger partial charge in [0.25, 0.3) is 5.88 Å². The fraction of sp³-hybridized carbons (Fsp3) is 0.667. The molecule has 8 nitrogen and oxygen atoms in total. The maximum absolute atomic E-state index is 10.9. The van der Waals surface area contributed by atoms with E-state index in [1.54, 1.807) is 0 Å². The first-order valence-electron chi connectivity index (χ1n) is 6.73. The number of hydrazine groups is 1. The highest BCUT2D eigenvalue weighted by atomic mass is 16.6. The molecule has 0 saturated carbocycles. The largest absolute Gasteiger partial charge is 0.472 e. The van der Waals surface area contributed by atoms with Crippen LogP contribution in [0, 0.1) is 16.0 Å². The number of rotatable bonds is 9. The van der Waals surface area contributed by atoms with Crippen LogP contribution in [0.3, 0.4) is 0 Å². The number of hydrogen-bond donors (Lipinski definition) is 2. The van der Waals surface area contributed by atoms with E-state index in [2.05, 4.69) is 29.2 Å². The van der Waals surface area contributed by atoms with Crippen molar-refractivity contribution < 1.29 is 9.66 Å². The van der Waals surface area contributed by atoms with Crippen LogP contribution in [0.4, 0.5) is 11.6 Å². The van der Waals surface area contributed by atoms with Crippen molar-refractivity contribution in [2.24, 2.45) is 11.8 Å². The van der Waals surface area contributed by atoms with E-state index >= 15 is 0 Å². The molecule has 0 aliphatic heterocycles. The quantitative estimate of drug-likeness (QED) is 0.405. The third-order valence-corrected chi connectivity index (χ3v) is 3.06. The third-order valence-electron chi connectivity index (χ3n) is 3.06. The number of unbranched alkanes of at least 4 members (excludes halogenated alkanes) is 1. The lowest BCUT2D eigenvalue weighted by Gasteiger charge is -2.15. The number of hydrogen-bond acceptors (Lipinski definition) is 7. The van der Waals surface area contributed by atoms with Crippen molar-refractivity contribution in [3.8, 4) is 5.88 Å². The smallest absolute Gasteiger partial charge is 0.349 e. The Morgan fingerprint density at radius 1 is 1.55 bits per heavy atom. The molecule has 0 spiro atoms. The molecule has 0 saturated heterocycles. The summed E-state index contributed by atoms with van der Waals surface area (Å²) in [6.45, 7) is 4.60. The monoisotopic (exact) mass is 283 g/mol. The summed E-state index contributed by atoms with van der Waals surface area (Å²) in [5.41, 5.74) is 1.99. The molecule has 1 heterocycles. The Kier molecular flexibility index (Phi) is 6.65. The molecule has 0 radical (unpaired) electrons. The highest BCUT2D eigenvalue weighted by Crippen LogP contribution is 2.25. The zero-order chi connectivity index (χ0) is 15.0. The van der Waals surface area contributed by atoms with Gasteiger partial charge in [0.15, 0.2) is 0 Å². The van der Waals surface area contributed by atoms with E-state index in [4.69, 9.17) is 10.6 Å². The average Bonchev–Trinajstić information content (AvgIpc) is 2.47. The maximum atomic E-state index is 10.9. The van der Waals surface area contributed by atoms with E-state index in [1.807, 2.05) is 0 Å². The topological polar surface area (TPSA) is 116 Å². The van der Waals surface area contributed by atoms with Gasteiger partial charge in [0.05, 0.1) is 11.5 Å². The summed E-state index contributed by atoms with van der Waals surface area (Å²) in [6.07, 6.45) is 5.31. The van der Waals surface area contributed by atoms with E-state index in [9.17, 15) is 10.1 Å². The van der Waals surface area contributed by atoms with Crippen molar-refractivity contribution in [3.63, 3.8) is 0 Å². The van der Waals surface area contributed by atoms with Crippen molar-refractivity contribution in [2.75, 3.05) is 12.0 Å². The normalized spacial score (nSPS) is 11.9. The van der Waals surface area contributed by atoms with Crippen molar-refractivity contribution in [1.29, 1.82) is 0 Å². The Morgan fingerprint density at radius 2 is 2.30 bits per heavy atom. The summed E-state index contributed by atoms with van der Waals surface area (Å²) >= 11 is 0. The lowest BCUT2D eigenvalue weighted by atomic mass is 10.0. The first-order valence-corrected chi connectivity index (χ1v) is 6.73. The van der Waals surface area contributed by atoms with Crippen LogP contribution in [0.25, 0.3) is 0 Å². The second-order valence-corrected chi connectivity index (χ2v) is 4.51. The van der Waals surface area contributed by atoms with Crippen LogP contribution in [-0.2, 0) is 0 Å². The summed E-state index contributed by atoms with van der Waals surface area (Å²) in [4.78, 5) is 17.9. The van der Waals surface area contributed by atoms with Gasteiger partial charge >= 0.3 is 5.69 Å². The summed E-state index contributed by atoms with van der Waals surface area (Å²) in [6, 6.07) is 0. The number of nitrogens with zero attached hydrogens (tertiary/aromatic N) is 3. The van der Waals surface area contributed by atoms with Gasteiger partial charge in [0.1, 0.15) is 6.20 Å². The molecule has 1 aromatic heterocycles. The van der Waals surface area contributed by atoms with Crippen LogP contribution >= 0.6 is 0 Å². The fourth-order valence-corrected chi connectivity index (χ4v) is 1.76. The zero-order valence-corrected chi connectivity index (χ0v) is 11.8. The Bertz CT molecular complexity index is 441. The predicted octanol–water partition coefficient (Wildman–Crippen LogP) is 2.27. The minimum Gasteiger partial charge on any atom is -0.472 e. The van der Waals surface area contributed by atoms with Crippen LogP contribution in [0.1, 0.15) is 39.5 Å². The van der Waals surface area contributed by atoms with E-state index in [1.165, 1.54) is 0 Å². The molecule has 1 aromatic rings. The number of nitrogen functional groups attached to an aromatic ring is 1. The SMILES string of the molecule is CCCCC(CC)COc1nc(NN)ncc1[N+](=O)[O-]. The highest BCUT2D eigenvalue weighted by Gasteiger charge is 2.20. The molecule has 0 fully saturated rings. The first-order chi connectivity index (χ1) is 9.62. The molecule has 1 atom stereocenters. The van der Waals surface area contributed by atoms with E-state index in [0.717, 1.165) is 31.9 Å². The second kappa shape index (κ2) is 8.26. The number of nitrogens with one attached hydrogen (secondary N) is 1. The Morgan fingerprint density at radius 3 is 2.85 bits per heavy atom. The molecule has 0 amide bonds. The Labute approximate surface area is 117 Å². The number of anilines is 1. The molecule has 0 aromatic carbocycles. The lowest BCUT2D eigenvalue weighted by molar-refractivity contribution is -0.386. The lowest BCUT2D eigenvalue weighted by Crippen LogP contribution is -2.15. The molecule has 8 heteroatoms. The Balaban J connectivity index is 2.76. The van der Waals surface area contributed by atoms with Crippen molar-refractivity contribution in [3.05, 3.63) is 16.3 Å². The first kappa shape index (κ1) is 16.1. The Hall–Kier alpha value is -1.96. The van der Waals surface area contributed by atoms with Gasteiger partial charge in [-0.2, -0.15) is 4.98 Å². The van der Waals surface area contributed by atoms with Gasteiger partial charge in [-0.15, -0.1) is 0 Å². The van der Waals surface area contributed by atoms with Gasteiger partial charge in [-0.25, -0.2) is 10.8 Å². The predicted molar refractivity (Wildman–Crippen MR) is 75.3 cm³/mol. The summed E-state index contributed by atoms with van der Waals surface area (Å²) < 4.78 is 5.50. The molecule has 0 aliphatic rings. The van der Waals surface area contributed by atoms with E-state index in [-0.39, 0.29) is 17.5 Å². The summed E-state index contributed by atoms with van der Waals surface area (Å²) in [5, 5.41) is 10.9. The van der Waals surface area contributed by atoms with E-state index in [0.29, 0.717) is 12.5 Å². The summed E-state index contributed by atoms with van der Waals surface area (Å²) in [5.74, 6) is 5.59. The van der Waals surface area contributed by atoms with Crippen LogP contribution < -0.4 is 16.0 Å². The number of aromatic nitrogens is 2. The molecule has 0 aliphatic carbocycles. The van der Waals surface area contributed by atoms with E-state index < -0.39 is 4.92 Å². The fourth-order valence-electron chi connectivity index (χ4n) is 1.76. The van der Waals surface area contributed by atoms with Gasteiger partial charge in [-0.05, 0) is 12.3 Å². The van der Waals surface area contributed by atoms with Crippen LogP contribution in [0.5, 0.6) is 5.88 Å². The maximum Gasteiger partial charge on any atom is 0.349 e. The minimum atomic E-state index is -0.567. The molecule has 1 rings (SSSR count). The van der Waals surface area contributed by atoms with Crippen LogP contribution in [0.2, 0.25) is 0 Å². The van der Waals surface area contributed by atoms with Crippen LogP contribution in [0.15, 0.2) is 6.20 Å². The van der Waals surface area contributed by atoms with Crippen molar-refractivity contribution in [1.82, 2.24) is 9.97 Å². The molecule has 20 heavy (non-hydrogen) atoms. The third kappa shape index (κ3) is 4.61. The summed E-state index contributed by atoms with van der Waals surface area (Å²) in [7, 11) is 0. The highest BCUT2D eigenvalue weighted by molar-refractivity contribution is 5.42. The van der Waals surface area contributed by atoms with Gasteiger partial charge < -0.3 is 4.74 Å². The molecule has 1 unspecified atom stereocenters. The minimum absolute atomic E-state index is 0.0482. The van der Waals surface area contributed by atoms with Crippen molar-refractivity contribution in [2.45, 2.75) is 39.5 Å². The van der Waals surface area contributed by atoms with Gasteiger partial charge in [0.2, 0.25) is 5.95 Å². The number of nitro groups is 1. The van der Waals surface area contributed by atoms with Crippen molar-refractivity contribution >= 4 is 11.6 Å². The number of ether oxygens (including phenoxy) is 1. The van der Waals surface area contributed by atoms with Gasteiger partial charge in [0, 0.05) is 0 Å². The zero-order valence-electron chi connectivity index (χ0n) is 11.8. The molecule has 112 valence electrons.